The number of aromatic amines is 1. The lowest BCUT2D eigenvalue weighted by atomic mass is 10.1. The molecule has 0 aliphatic heterocycles. The van der Waals surface area contributed by atoms with Gasteiger partial charge in [0.15, 0.2) is 0 Å². The highest BCUT2D eigenvalue weighted by Gasteiger charge is 2.17. The summed E-state index contributed by atoms with van der Waals surface area (Å²) >= 11 is 9.58. The van der Waals surface area contributed by atoms with Gasteiger partial charge in [-0.25, -0.2) is 9.37 Å². The van der Waals surface area contributed by atoms with E-state index in [1.54, 1.807) is 36.4 Å². The highest BCUT2D eigenvalue weighted by atomic mass is 79.9. The molecule has 4 aromatic rings. The third kappa shape index (κ3) is 4.33. The van der Waals surface area contributed by atoms with E-state index in [1.165, 1.54) is 12.1 Å². The summed E-state index contributed by atoms with van der Waals surface area (Å²) in [5, 5.41) is 3.08. The molecular formula is C23H17BrClFN4O. The number of halogens is 3. The standard InChI is InChI=1S/C23H17BrClFN4O/c1-12-5-10-17(27)18(11-12)28-23(31)14-8-6-13(7-9-14)20-21(24)30-22(29-20)19-15(25)3-2-4-16(19)26/h2-11H,27H2,1H3,(H,28,31)(H,29,30). The molecule has 0 bridgehead atoms. The van der Waals surface area contributed by atoms with Gasteiger partial charge in [0.25, 0.3) is 5.91 Å². The number of carbonyl (C=O) groups excluding carboxylic acids is 1. The number of hydrogen-bond acceptors (Lipinski definition) is 3. The van der Waals surface area contributed by atoms with Crippen LogP contribution in [0.4, 0.5) is 15.8 Å². The average Bonchev–Trinajstić information content (AvgIpc) is 3.12. The van der Waals surface area contributed by atoms with Gasteiger partial charge in [0.05, 0.1) is 22.0 Å². The monoisotopic (exact) mass is 498 g/mol. The van der Waals surface area contributed by atoms with Gasteiger partial charge in [-0.2, -0.15) is 0 Å². The highest BCUT2D eigenvalue weighted by molar-refractivity contribution is 9.10. The number of nitrogens with two attached hydrogens (primary N) is 1. The average molecular weight is 500 g/mol. The quantitative estimate of drug-likeness (QED) is 0.282. The van der Waals surface area contributed by atoms with E-state index in [0.29, 0.717) is 33.1 Å². The maximum atomic E-state index is 14.2. The van der Waals surface area contributed by atoms with E-state index in [4.69, 9.17) is 17.3 Å². The SMILES string of the molecule is Cc1ccc(N)c(NC(=O)c2ccc(-c3nc(-c4c(F)cccc4Cl)[nH]c3Br)cc2)c1. The Kier molecular flexibility index (Phi) is 5.80. The summed E-state index contributed by atoms with van der Waals surface area (Å²) in [6.07, 6.45) is 0. The molecule has 0 aliphatic rings. The van der Waals surface area contributed by atoms with Crippen molar-refractivity contribution in [2.45, 2.75) is 6.92 Å². The van der Waals surface area contributed by atoms with Crippen LogP contribution in [0.1, 0.15) is 15.9 Å². The number of aryl methyl sites for hydroxylation is 1. The molecule has 4 rings (SSSR count). The molecule has 8 heteroatoms. The molecule has 156 valence electrons. The lowest BCUT2D eigenvalue weighted by Gasteiger charge is -2.09. The lowest BCUT2D eigenvalue weighted by molar-refractivity contribution is 0.102. The van der Waals surface area contributed by atoms with Gasteiger partial charge >= 0.3 is 0 Å². The summed E-state index contributed by atoms with van der Waals surface area (Å²) < 4.78 is 14.8. The molecule has 0 radical (unpaired) electrons. The van der Waals surface area contributed by atoms with Crippen LogP contribution in [0, 0.1) is 12.7 Å². The number of nitrogens with zero attached hydrogens (tertiary/aromatic N) is 1. The number of nitrogens with one attached hydrogen (secondary N) is 2. The third-order valence-electron chi connectivity index (χ3n) is 4.74. The molecule has 0 spiro atoms. The minimum atomic E-state index is -0.470. The zero-order valence-corrected chi connectivity index (χ0v) is 18.7. The molecule has 3 aromatic carbocycles. The maximum absolute atomic E-state index is 14.2. The molecule has 5 nitrogen and oxygen atoms in total. The minimum Gasteiger partial charge on any atom is -0.397 e. The van der Waals surface area contributed by atoms with Gasteiger partial charge < -0.3 is 16.0 Å². The topological polar surface area (TPSA) is 83.8 Å². The fourth-order valence-electron chi connectivity index (χ4n) is 3.14. The molecule has 1 heterocycles. The van der Waals surface area contributed by atoms with Crippen molar-refractivity contribution in [2.24, 2.45) is 0 Å². The van der Waals surface area contributed by atoms with Gasteiger partial charge in [0, 0.05) is 11.1 Å². The van der Waals surface area contributed by atoms with Gasteiger partial charge in [-0.3, -0.25) is 4.79 Å². The molecule has 31 heavy (non-hydrogen) atoms. The molecule has 0 saturated carbocycles. The van der Waals surface area contributed by atoms with E-state index >= 15 is 0 Å². The molecule has 0 fully saturated rings. The van der Waals surface area contributed by atoms with Crippen LogP contribution in [0.25, 0.3) is 22.6 Å². The fraction of sp³-hybridized carbons (Fsp3) is 0.0435. The molecule has 0 saturated heterocycles. The summed E-state index contributed by atoms with van der Waals surface area (Å²) in [5.74, 6) is -0.437. The first kappa shape index (κ1) is 21.1. The number of aromatic nitrogens is 2. The van der Waals surface area contributed by atoms with Crippen LogP contribution in [0.5, 0.6) is 0 Å². The van der Waals surface area contributed by atoms with E-state index in [9.17, 15) is 9.18 Å². The van der Waals surface area contributed by atoms with Crippen LogP contribution in [0.2, 0.25) is 5.02 Å². The first-order valence-electron chi connectivity index (χ1n) is 9.31. The van der Waals surface area contributed by atoms with E-state index in [2.05, 4.69) is 31.2 Å². The summed E-state index contributed by atoms with van der Waals surface area (Å²) in [6.45, 7) is 1.92. The van der Waals surface area contributed by atoms with Gasteiger partial charge in [0.2, 0.25) is 0 Å². The predicted octanol–water partition coefficient (Wildman–Crippen LogP) is 6.44. The number of amides is 1. The normalized spacial score (nSPS) is 10.8. The Morgan fingerprint density at radius 1 is 1.16 bits per heavy atom. The van der Waals surface area contributed by atoms with Crippen LogP contribution in [-0.4, -0.2) is 15.9 Å². The number of anilines is 2. The van der Waals surface area contributed by atoms with Gasteiger partial charge in [0.1, 0.15) is 21.9 Å². The molecule has 1 amide bonds. The van der Waals surface area contributed by atoms with Gasteiger partial charge in [-0.1, -0.05) is 35.9 Å². The van der Waals surface area contributed by atoms with Crippen molar-refractivity contribution in [3.05, 3.63) is 87.2 Å². The van der Waals surface area contributed by atoms with Crippen molar-refractivity contribution in [2.75, 3.05) is 11.1 Å². The zero-order chi connectivity index (χ0) is 22.1. The van der Waals surface area contributed by atoms with Crippen LogP contribution < -0.4 is 11.1 Å². The van der Waals surface area contributed by atoms with Gasteiger partial charge in [-0.05, 0) is 64.8 Å². The molecule has 0 atom stereocenters. The summed E-state index contributed by atoms with van der Waals surface area (Å²) in [5.41, 5.74) is 9.97. The molecule has 0 aliphatic carbocycles. The zero-order valence-electron chi connectivity index (χ0n) is 16.3. The van der Waals surface area contributed by atoms with Crippen LogP contribution in [0.3, 0.4) is 0 Å². The molecular weight excluding hydrogens is 483 g/mol. The molecule has 1 aromatic heterocycles. The number of nitrogen functional groups attached to an aromatic ring is 1. The van der Waals surface area contributed by atoms with E-state index < -0.39 is 5.82 Å². The Balaban J connectivity index is 1.59. The summed E-state index contributed by atoms with van der Waals surface area (Å²) in [6, 6.07) is 16.8. The first-order valence-corrected chi connectivity index (χ1v) is 10.5. The Morgan fingerprint density at radius 2 is 1.90 bits per heavy atom. The fourth-order valence-corrected chi connectivity index (χ4v) is 3.90. The summed E-state index contributed by atoms with van der Waals surface area (Å²) in [4.78, 5) is 20.1. The van der Waals surface area contributed by atoms with E-state index in [1.807, 2.05) is 19.1 Å². The maximum Gasteiger partial charge on any atom is 0.255 e. The van der Waals surface area contributed by atoms with Crippen molar-refractivity contribution in [3.8, 4) is 22.6 Å². The number of hydrogen-bond donors (Lipinski definition) is 3. The predicted molar refractivity (Wildman–Crippen MR) is 126 cm³/mol. The largest absolute Gasteiger partial charge is 0.397 e. The van der Waals surface area contributed by atoms with E-state index in [0.717, 1.165) is 11.1 Å². The van der Waals surface area contributed by atoms with Crippen molar-refractivity contribution in [1.29, 1.82) is 0 Å². The second-order valence-corrected chi connectivity index (χ2v) is 8.17. The van der Waals surface area contributed by atoms with Crippen molar-refractivity contribution >= 4 is 44.8 Å². The second kappa shape index (κ2) is 8.53. The Bertz CT molecular complexity index is 1270. The molecule has 0 unspecified atom stereocenters. The van der Waals surface area contributed by atoms with Crippen molar-refractivity contribution in [1.82, 2.24) is 9.97 Å². The Hall–Kier alpha value is -3.16. The van der Waals surface area contributed by atoms with E-state index in [-0.39, 0.29) is 16.5 Å². The second-order valence-electron chi connectivity index (χ2n) is 6.97. The number of rotatable bonds is 4. The number of H-pyrrole nitrogens is 1. The Labute approximate surface area is 191 Å². The third-order valence-corrected chi connectivity index (χ3v) is 5.63. The van der Waals surface area contributed by atoms with Crippen LogP contribution in [0.15, 0.2) is 65.3 Å². The number of carbonyl (C=O) groups is 1. The lowest BCUT2D eigenvalue weighted by Crippen LogP contribution is -2.13. The first-order chi connectivity index (χ1) is 14.8. The summed E-state index contributed by atoms with van der Waals surface area (Å²) in [7, 11) is 0. The van der Waals surface area contributed by atoms with Crippen LogP contribution >= 0.6 is 27.5 Å². The Morgan fingerprint density at radius 3 is 2.61 bits per heavy atom. The highest BCUT2D eigenvalue weighted by Crippen LogP contribution is 2.34. The number of imidazole rings is 1. The van der Waals surface area contributed by atoms with Crippen LogP contribution in [-0.2, 0) is 0 Å². The van der Waals surface area contributed by atoms with Gasteiger partial charge in [-0.15, -0.1) is 0 Å². The minimum absolute atomic E-state index is 0.197. The molecule has 4 N–H and O–H groups in total. The van der Waals surface area contributed by atoms with Crippen molar-refractivity contribution < 1.29 is 9.18 Å². The van der Waals surface area contributed by atoms with Crippen molar-refractivity contribution in [3.63, 3.8) is 0 Å². The number of benzene rings is 3. The smallest absolute Gasteiger partial charge is 0.255 e.